The minimum Gasteiger partial charge on any atom is -0.478 e. The van der Waals surface area contributed by atoms with Crippen LogP contribution in [0.4, 0.5) is 17.6 Å². The lowest BCUT2D eigenvalue weighted by molar-refractivity contribution is -0.143. The van der Waals surface area contributed by atoms with Crippen LogP contribution in [0.1, 0.15) is 16.1 Å². The summed E-state index contributed by atoms with van der Waals surface area (Å²) >= 11 is 0. The Kier molecular flexibility index (Phi) is 2.97. The van der Waals surface area contributed by atoms with E-state index in [2.05, 4.69) is 10.1 Å². The molecule has 100 valence electrons. The van der Waals surface area contributed by atoms with Gasteiger partial charge in [0.15, 0.2) is 5.69 Å². The van der Waals surface area contributed by atoms with Gasteiger partial charge < -0.3 is 5.11 Å². The van der Waals surface area contributed by atoms with E-state index in [0.29, 0.717) is 10.9 Å². The van der Waals surface area contributed by atoms with Crippen LogP contribution in [0.5, 0.6) is 0 Å². The zero-order valence-electron chi connectivity index (χ0n) is 9.02. The quantitative estimate of drug-likeness (QED) is 0.673. The van der Waals surface area contributed by atoms with E-state index in [4.69, 9.17) is 5.11 Å². The van der Waals surface area contributed by atoms with Gasteiger partial charge in [-0.2, -0.15) is 22.7 Å². The zero-order chi connectivity index (χ0) is 14.2. The average Bonchev–Trinajstić information content (AvgIpc) is 2.74. The topological polar surface area (TPSA) is 68.0 Å². The van der Waals surface area contributed by atoms with Gasteiger partial charge in [-0.25, -0.2) is 14.5 Å². The molecule has 9 heteroatoms. The first kappa shape index (κ1) is 13.0. The molecule has 2 heterocycles. The van der Waals surface area contributed by atoms with Crippen LogP contribution in [-0.2, 0) is 6.18 Å². The second-order valence-electron chi connectivity index (χ2n) is 3.46. The maximum absolute atomic E-state index is 12.8. The van der Waals surface area contributed by atoms with E-state index < -0.39 is 29.4 Å². The van der Waals surface area contributed by atoms with Crippen LogP contribution in [0, 0.1) is 5.95 Å². The van der Waals surface area contributed by atoms with Crippen LogP contribution < -0.4 is 0 Å². The van der Waals surface area contributed by atoms with Crippen molar-refractivity contribution in [2.75, 3.05) is 0 Å². The van der Waals surface area contributed by atoms with Crippen molar-refractivity contribution < 1.29 is 27.5 Å². The number of aromatic carboxylic acids is 1. The molecule has 5 nitrogen and oxygen atoms in total. The van der Waals surface area contributed by atoms with E-state index >= 15 is 0 Å². The maximum atomic E-state index is 12.8. The number of pyridine rings is 1. The molecule has 0 atom stereocenters. The Morgan fingerprint density at radius 2 is 1.95 bits per heavy atom. The molecule has 0 aromatic carbocycles. The smallest absolute Gasteiger partial charge is 0.434 e. The van der Waals surface area contributed by atoms with Crippen LogP contribution in [0.15, 0.2) is 24.5 Å². The molecule has 0 unspecified atom stereocenters. The third-order valence-electron chi connectivity index (χ3n) is 2.22. The molecule has 2 aromatic heterocycles. The molecular weight excluding hydrogens is 270 g/mol. The van der Waals surface area contributed by atoms with Crippen LogP contribution in [0.3, 0.4) is 0 Å². The Bertz CT molecular complexity index is 619. The maximum Gasteiger partial charge on any atom is 0.434 e. The molecule has 2 rings (SSSR count). The highest BCUT2D eigenvalue weighted by atomic mass is 19.4. The van der Waals surface area contributed by atoms with Crippen molar-refractivity contribution in [2.45, 2.75) is 6.18 Å². The number of nitrogens with zero attached hydrogens (tertiary/aromatic N) is 3. The summed E-state index contributed by atoms with van der Waals surface area (Å²) in [6.07, 6.45) is -3.52. The normalized spacial score (nSPS) is 11.6. The number of rotatable bonds is 2. The molecule has 0 radical (unpaired) electrons. The monoisotopic (exact) mass is 275 g/mol. The van der Waals surface area contributed by atoms with Crippen molar-refractivity contribution in [2.24, 2.45) is 0 Å². The fraction of sp³-hybridized carbons (Fsp3) is 0.100. The molecule has 0 amide bonds. The molecule has 0 fully saturated rings. The standard InChI is InChI=1S/C10H5F4N3O2/c11-7-2-1-5(3-15-7)17-8(10(12,13)14)6(4-16-17)9(18)19/h1-4H,(H,18,19). The van der Waals surface area contributed by atoms with Gasteiger partial charge in [-0.3, -0.25) is 0 Å². The van der Waals surface area contributed by atoms with E-state index in [1.54, 1.807) is 0 Å². The Balaban J connectivity index is 2.64. The second kappa shape index (κ2) is 4.34. The van der Waals surface area contributed by atoms with Crippen molar-refractivity contribution in [3.8, 4) is 5.69 Å². The van der Waals surface area contributed by atoms with Gasteiger partial charge in [0, 0.05) is 0 Å². The van der Waals surface area contributed by atoms with Crippen molar-refractivity contribution in [1.29, 1.82) is 0 Å². The largest absolute Gasteiger partial charge is 0.478 e. The van der Waals surface area contributed by atoms with Gasteiger partial charge in [0.1, 0.15) is 5.56 Å². The molecule has 0 aliphatic carbocycles. The summed E-state index contributed by atoms with van der Waals surface area (Å²) in [6, 6.07) is 1.85. The molecule has 1 N–H and O–H groups in total. The molecule has 0 saturated carbocycles. The molecular formula is C10H5F4N3O2. The van der Waals surface area contributed by atoms with Crippen LogP contribution in [-0.4, -0.2) is 25.8 Å². The zero-order valence-corrected chi connectivity index (χ0v) is 9.02. The van der Waals surface area contributed by atoms with Crippen molar-refractivity contribution in [1.82, 2.24) is 14.8 Å². The summed E-state index contributed by atoms with van der Waals surface area (Å²) in [4.78, 5) is 13.9. The summed E-state index contributed by atoms with van der Waals surface area (Å²) in [6.45, 7) is 0. The molecule has 0 bridgehead atoms. The Hall–Kier alpha value is -2.45. The molecule has 19 heavy (non-hydrogen) atoms. The van der Waals surface area contributed by atoms with Gasteiger partial charge in [0.25, 0.3) is 0 Å². The average molecular weight is 275 g/mol. The number of carboxylic acids is 1. The predicted octanol–water partition coefficient (Wildman–Crippen LogP) is 2.12. The molecule has 0 aliphatic heterocycles. The van der Waals surface area contributed by atoms with Gasteiger partial charge in [-0.05, 0) is 12.1 Å². The summed E-state index contributed by atoms with van der Waals surface area (Å²) in [5.41, 5.74) is -2.63. The van der Waals surface area contributed by atoms with Crippen molar-refractivity contribution >= 4 is 5.97 Å². The second-order valence-corrected chi connectivity index (χ2v) is 3.46. The highest BCUT2D eigenvalue weighted by Crippen LogP contribution is 2.33. The lowest BCUT2D eigenvalue weighted by Gasteiger charge is -2.11. The van der Waals surface area contributed by atoms with Gasteiger partial charge in [-0.15, -0.1) is 0 Å². The lowest BCUT2D eigenvalue weighted by Crippen LogP contribution is -2.17. The third-order valence-corrected chi connectivity index (χ3v) is 2.22. The number of aromatic nitrogens is 3. The van der Waals surface area contributed by atoms with Crippen molar-refractivity contribution in [3.05, 3.63) is 41.7 Å². The van der Waals surface area contributed by atoms with Gasteiger partial charge in [-0.1, -0.05) is 0 Å². The van der Waals surface area contributed by atoms with Crippen LogP contribution in [0.25, 0.3) is 5.69 Å². The van der Waals surface area contributed by atoms with Gasteiger partial charge in [0.05, 0.1) is 18.1 Å². The fourth-order valence-corrected chi connectivity index (χ4v) is 1.47. The van der Waals surface area contributed by atoms with Crippen LogP contribution >= 0.6 is 0 Å². The number of halogens is 4. The number of carboxylic acid groups (broad SMARTS) is 1. The molecule has 0 aliphatic rings. The van der Waals surface area contributed by atoms with E-state index in [0.717, 1.165) is 18.3 Å². The minimum absolute atomic E-state index is 0.193. The first-order valence-corrected chi connectivity index (χ1v) is 4.81. The van der Waals surface area contributed by atoms with Gasteiger partial charge >= 0.3 is 12.1 Å². The van der Waals surface area contributed by atoms with Crippen molar-refractivity contribution in [3.63, 3.8) is 0 Å². The fourth-order valence-electron chi connectivity index (χ4n) is 1.47. The first-order valence-electron chi connectivity index (χ1n) is 4.81. The number of hydrogen-bond acceptors (Lipinski definition) is 3. The van der Waals surface area contributed by atoms with E-state index in [9.17, 15) is 22.4 Å². The molecule has 2 aromatic rings. The van der Waals surface area contributed by atoms with E-state index in [-0.39, 0.29) is 5.69 Å². The lowest BCUT2D eigenvalue weighted by atomic mass is 10.2. The van der Waals surface area contributed by atoms with E-state index in [1.807, 2.05) is 0 Å². The predicted molar refractivity (Wildman–Crippen MR) is 53.3 cm³/mol. The van der Waals surface area contributed by atoms with E-state index in [1.165, 1.54) is 0 Å². The SMILES string of the molecule is O=C(O)c1cnn(-c2ccc(F)nc2)c1C(F)(F)F. The summed E-state index contributed by atoms with van der Waals surface area (Å²) in [5.74, 6) is -2.63. The van der Waals surface area contributed by atoms with Crippen LogP contribution in [0.2, 0.25) is 0 Å². The summed E-state index contributed by atoms with van der Waals surface area (Å²) in [5, 5.41) is 12.1. The Morgan fingerprint density at radius 3 is 2.42 bits per heavy atom. The number of carbonyl (C=O) groups is 1. The highest BCUT2D eigenvalue weighted by molar-refractivity contribution is 5.89. The Morgan fingerprint density at radius 1 is 1.26 bits per heavy atom. The Labute approximate surface area is 103 Å². The highest BCUT2D eigenvalue weighted by Gasteiger charge is 2.40. The third kappa shape index (κ3) is 2.39. The van der Waals surface area contributed by atoms with Gasteiger partial charge in [0.2, 0.25) is 5.95 Å². The summed E-state index contributed by atoms with van der Waals surface area (Å²) in [7, 11) is 0. The first-order chi connectivity index (χ1) is 8.80. The summed E-state index contributed by atoms with van der Waals surface area (Å²) < 4.78 is 51.5. The molecule has 0 spiro atoms. The molecule has 0 saturated heterocycles. The minimum atomic E-state index is -4.92. The number of hydrogen-bond donors (Lipinski definition) is 1. The number of alkyl halides is 3.